The van der Waals surface area contributed by atoms with Crippen LogP contribution >= 0.6 is 66.2 Å². The predicted octanol–water partition coefficient (Wildman–Crippen LogP) is 4.11. The second-order valence-corrected chi connectivity index (χ2v) is 6.62. The summed E-state index contributed by atoms with van der Waals surface area (Å²) in [4.78, 5) is 10.1. The Balaban J connectivity index is 2.97. The topological polar surface area (TPSA) is 26.3 Å². The molecule has 0 aliphatic carbocycles. The highest BCUT2D eigenvalue weighted by Gasteiger charge is 2.00. The first-order valence-corrected chi connectivity index (χ1v) is 7.08. The molecule has 0 saturated heterocycles. The molecule has 11 heavy (non-hydrogen) atoms. The molecular formula is C3H3Cl3O2S3. The van der Waals surface area contributed by atoms with Crippen molar-refractivity contribution in [2.24, 2.45) is 0 Å². The third kappa shape index (κ3) is 11.5. The van der Waals surface area contributed by atoms with Gasteiger partial charge in [-0.3, -0.25) is 4.79 Å². The van der Waals surface area contributed by atoms with Gasteiger partial charge in [-0.2, -0.15) is 0 Å². The van der Waals surface area contributed by atoms with Crippen LogP contribution in [-0.2, 0) is 4.74 Å². The van der Waals surface area contributed by atoms with Gasteiger partial charge in [0.05, 0.1) is 0 Å². The van der Waals surface area contributed by atoms with E-state index in [1.807, 2.05) is 0 Å². The maximum Gasteiger partial charge on any atom is 0.290 e. The lowest BCUT2D eigenvalue weighted by Crippen LogP contribution is -1.92. The van der Waals surface area contributed by atoms with E-state index in [-0.39, 0.29) is 0 Å². The lowest BCUT2D eigenvalue weighted by atomic mass is 11.5. The predicted molar refractivity (Wildman–Crippen MR) is 55.5 cm³/mol. The van der Waals surface area contributed by atoms with Crippen molar-refractivity contribution in [3.63, 3.8) is 0 Å². The molecule has 0 aromatic carbocycles. The van der Waals surface area contributed by atoms with Crippen molar-refractivity contribution in [3.05, 3.63) is 0 Å². The molecule has 0 rings (SSSR count). The van der Waals surface area contributed by atoms with Gasteiger partial charge in [0.15, 0.2) is 0 Å². The molecule has 0 aliphatic heterocycles. The first kappa shape index (κ1) is 12.6. The maximum absolute atomic E-state index is 10.1. The fourth-order valence-corrected chi connectivity index (χ4v) is 3.31. The van der Waals surface area contributed by atoms with Gasteiger partial charge in [0.1, 0.15) is 5.94 Å². The summed E-state index contributed by atoms with van der Waals surface area (Å²) in [5.41, 5.74) is 0. The largest absolute Gasteiger partial charge is 0.337 e. The molecule has 0 aromatic heterocycles. The van der Waals surface area contributed by atoms with Crippen molar-refractivity contribution >= 4 is 70.8 Å². The van der Waals surface area contributed by atoms with E-state index in [0.717, 1.165) is 10.8 Å². The number of carbonyl (C=O) groups excluding carboxylic acids is 1. The number of rotatable bonds is 5. The molecule has 0 heterocycles. The van der Waals surface area contributed by atoms with Gasteiger partial charge in [-0.05, 0) is 21.4 Å². The summed E-state index contributed by atoms with van der Waals surface area (Å²) >= 11 is 15.5. The molecule has 0 atom stereocenters. The molecule has 2 nitrogen and oxygen atoms in total. The summed E-state index contributed by atoms with van der Waals surface area (Å²) in [6, 6.07) is 0. The van der Waals surface area contributed by atoms with Gasteiger partial charge in [-0.1, -0.05) is 34.0 Å². The van der Waals surface area contributed by atoms with E-state index in [1.54, 1.807) is 0 Å². The average molecular weight is 274 g/mol. The molecule has 0 bridgehead atoms. The number of hydrogen-bond donors (Lipinski definition) is 0. The van der Waals surface area contributed by atoms with Gasteiger partial charge in [0, 0.05) is 10.8 Å². The molecule has 0 unspecified atom stereocenters. The summed E-state index contributed by atoms with van der Waals surface area (Å²) in [5.74, 6) is 0.319. The van der Waals surface area contributed by atoms with E-state index in [0.29, 0.717) is 5.94 Å². The van der Waals surface area contributed by atoms with E-state index in [9.17, 15) is 4.79 Å². The zero-order valence-corrected chi connectivity index (χ0v) is 9.68. The van der Waals surface area contributed by atoms with E-state index < -0.39 is 9.60 Å². The minimum atomic E-state index is -0.820. The van der Waals surface area contributed by atoms with E-state index in [4.69, 9.17) is 39.5 Å². The van der Waals surface area contributed by atoms with Gasteiger partial charge in [-0.25, -0.2) is 0 Å². The summed E-state index contributed by atoms with van der Waals surface area (Å²) in [7, 11) is 3.43. The zero-order chi connectivity index (χ0) is 8.69. The smallest absolute Gasteiger partial charge is 0.290 e. The minimum Gasteiger partial charge on any atom is -0.337 e. The number of carbonyl (C=O) groups is 1. The number of halogens is 3. The van der Waals surface area contributed by atoms with Crippen molar-refractivity contribution < 1.29 is 9.53 Å². The van der Waals surface area contributed by atoms with Gasteiger partial charge in [0.2, 0.25) is 5.02 Å². The first-order valence-electron chi connectivity index (χ1n) is 2.18. The maximum atomic E-state index is 10.1. The van der Waals surface area contributed by atoms with Crippen molar-refractivity contribution in [2.75, 3.05) is 5.94 Å². The Bertz CT molecular complexity index is 122. The SMILES string of the molecule is O=C(Cl)SSSCOC(Cl)Cl. The summed E-state index contributed by atoms with van der Waals surface area (Å²) in [6.45, 7) is 0. The van der Waals surface area contributed by atoms with E-state index in [2.05, 4.69) is 0 Å². The molecule has 0 N–H and O–H groups in total. The Morgan fingerprint density at radius 3 is 2.64 bits per heavy atom. The average Bonchev–Trinajstić information content (AvgIpc) is 1.85. The second kappa shape index (κ2) is 8.16. The summed E-state index contributed by atoms with van der Waals surface area (Å²) in [6.07, 6.45) is 0. The van der Waals surface area contributed by atoms with Crippen LogP contribution in [0.25, 0.3) is 0 Å². The number of hydrogen-bond acceptors (Lipinski definition) is 5. The quantitative estimate of drug-likeness (QED) is 0.247. The van der Waals surface area contributed by atoms with Crippen LogP contribution in [0.15, 0.2) is 0 Å². The molecular weight excluding hydrogens is 271 g/mol. The monoisotopic (exact) mass is 272 g/mol. The standard InChI is InChI=1S/C3H3Cl3O2S3/c4-2(5)8-1-9-11-10-3(6)7/h2H,1H2. The lowest BCUT2D eigenvalue weighted by molar-refractivity contribution is 0.209. The van der Waals surface area contributed by atoms with Crippen molar-refractivity contribution in [1.29, 1.82) is 0 Å². The Morgan fingerprint density at radius 2 is 2.18 bits per heavy atom. The Kier molecular flexibility index (Phi) is 9.31. The number of ether oxygens (including phenoxy) is 1. The molecule has 0 saturated carbocycles. The minimum absolute atomic E-state index is 0.319. The first-order chi connectivity index (χ1) is 5.13. The molecule has 0 aromatic rings. The van der Waals surface area contributed by atoms with Crippen LogP contribution in [0.4, 0.5) is 4.79 Å². The van der Waals surface area contributed by atoms with Crippen LogP contribution in [0.5, 0.6) is 0 Å². The normalized spacial score (nSPS) is 10.5. The van der Waals surface area contributed by atoms with Gasteiger partial charge in [0.25, 0.3) is 4.57 Å². The Morgan fingerprint density at radius 1 is 1.55 bits per heavy atom. The molecule has 0 radical (unpaired) electrons. The van der Waals surface area contributed by atoms with E-state index in [1.165, 1.54) is 20.6 Å². The molecule has 8 heteroatoms. The molecule has 66 valence electrons. The fraction of sp³-hybridized carbons (Fsp3) is 0.667. The van der Waals surface area contributed by atoms with Crippen molar-refractivity contribution in [1.82, 2.24) is 0 Å². The van der Waals surface area contributed by atoms with Gasteiger partial charge in [-0.15, -0.1) is 0 Å². The van der Waals surface area contributed by atoms with Crippen molar-refractivity contribution in [2.45, 2.75) is 5.02 Å². The van der Waals surface area contributed by atoms with Gasteiger partial charge >= 0.3 is 0 Å². The van der Waals surface area contributed by atoms with Crippen LogP contribution in [0, 0.1) is 0 Å². The van der Waals surface area contributed by atoms with Crippen LogP contribution in [0.1, 0.15) is 0 Å². The van der Waals surface area contributed by atoms with Crippen LogP contribution in [0.3, 0.4) is 0 Å². The zero-order valence-electron chi connectivity index (χ0n) is 4.96. The van der Waals surface area contributed by atoms with Crippen LogP contribution in [0.2, 0.25) is 0 Å². The van der Waals surface area contributed by atoms with Crippen LogP contribution < -0.4 is 0 Å². The molecule has 0 spiro atoms. The molecule has 0 amide bonds. The van der Waals surface area contributed by atoms with Gasteiger partial charge < -0.3 is 4.74 Å². The third-order valence-corrected chi connectivity index (χ3v) is 4.39. The Hall–Kier alpha value is 1.55. The van der Waals surface area contributed by atoms with Crippen molar-refractivity contribution in [3.8, 4) is 0 Å². The van der Waals surface area contributed by atoms with E-state index >= 15 is 0 Å². The molecule has 0 fully saturated rings. The lowest BCUT2D eigenvalue weighted by Gasteiger charge is -2.00. The van der Waals surface area contributed by atoms with Crippen LogP contribution in [-0.4, -0.2) is 15.5 Å². The second-order valence-electron chi connectivity index (χ2n) is 1.05. The summed E-state index contributed by atoms with van der Waals surface area (Å²) < 4.78 is 4.27. The Labute approximate surface area is 90.8 Å². The highest BCUT2D eigenvalue weighted by atomic mass is 35.5. The highest BCUT2D eigenvalue weighted by Crippen LogP contribution is 2.36. The third-order valence-electron chi connectivity index (χ3n) is 0.390. The number of alkyl halides is 2. The molecule has 0 aliphatic rings. The highest BCUT2D eigenvalue weighted by molar-refractivity contribution is 9.12. The fourth-order valence-electron chi connectivity index (χ4n) is 0.150. The summed E-state index contributed by atoms with van der Waals surface area (Å²) in [5, 5.41) is -0.820.